The Hall–Kier alpha value is -3.87. The fourth-order valence-electron chi connectivity index (χ4n) is 4.03. The molecule has 1 amide bonds. The molecule has 0 N–H and O–H groups in total. The molecule has 6 nitrogen and oxygen atoms in total. The molecule has 4 aromatic rings. The molecule has 0 spiro atoms. The van der Waals surface area contributed by atoms with Crippen molar-refractivity contribution >= 4 is 17.5 Å². The Morgan fingerprint density at radius 1 is 0.821 bits per heavy atom. The number of carbonyl (C=O) groups excluding carboxylic acids is 1. The van der Waals surface area contributed by atoms with Crippen molar-refractivity contribution in [2.45, 2.75) is 19.6 Å². The molecule has 4 rings (SSSR count). The van der Waals surface area contributed by atoms with Gasteiger partial charge >= 0.3 is 0 Å². The first-order valence-corrected chi connectivity index (χ1v) is 13.4. The SMILES string of the molecule is CN(C)CCOc1cc(CN(CCc2ccccn2)C(=O)c2ccccc2Cl)ccc1OCc1ccccc1. The Bertz CT molecular complexity index is 1330. The zero-order valence-electron chi connectivity index (χ0n) is 22.4. The van der Waals surface area contributed by atoms with Crippen LogP contribution in [0.5, 0.6) is 11.5 Å². The van der Waals surface area contributed by atoms with E-state index in [1.807, 2.05) is 93.0 Å². The Morgan fingerprint density at radius 3 is 2.33 bits per heavy atom. The molecule has 1 aromatic heterocycles. The van der Waals surface area contributed by atoms with Crippen LogP contribution in [0.25, 0.3) is 0 Å². The molecule has 0 aliphatic rings. The topological polar surface area (TPSA) is 54.9 Å². The number of benzene rings is 3. The van der Waals surface area contributed by atoms with Gasteiger partial charge in [0.05, 0.1) is 10.6 Å². The van der Waals surface area contributed by atoms with Crippen LogP contribution in [-0.2, 0) is 19.6 Å². The quantitative estimate of drug-likeness (QED) is 0.203. The van der Waals surface area contributed by atoms with Crippen molar-refractivity contribution in [3.63, 3.8) is 0 Å². The number of aromatic nitrogens is 1. The molecule has 0 atom stereocenters. The molecule has 0 radical (unpaired) electrons. The maximum atomic E-state index is 13.6. The molecular weight excluding hydrogens is 510 g/mol. The summed E-state index contributed by atoms with van der Waals surface area (Å²) >= 11 is 6.40. The highest BCUT2D eigenvalue weighted by Crippen LogP contribution is 2.30. The largest absolute Gasteiger partial charge is 0.488 e. The summed E-state index contributed by atoms with van der Waals surface area (Å²) in [5.74, 6) is 1.19. The summed E-state index contributed by atoms with van der Waals surface area (Å²) in [5, 5.41) is 0.433. The highest BCUT2D eigenvalue weighted by atomic mass is 35.5. The van der Waals surface area contributed by atoms with E-state index in [0.29, 0.717) is 54.8 Å². The predicted molar refractivity (Wildman–Crippen MR) is 155 cm³/mol. The highest BCUT2D eigenvalue weighted by Gasteiger charge is 2.20. The van der Waals surface area contributed by atoms with Crippen molar-refractivity contribution in [2.24, 2.45) is 0 Å². The van der Waals surface area contributed by atoms with Gasteiger partial charge in [0, 0.05) is 37.9 Å². The lowest BCUT2D eigenvalue weighted by molar-refractivity contribution is 0.0744. The van der Waals surface area contributed by atoms with Gasteiger partial charge in [-0.05, 0) is 61.6 Å². The minimum Gasteiger partial charge on any atom is -0.488 e. The van der Waals surface area contributed by atoms with Crippen LogP contribution in [-0.4, -0.2) is 54.5 Å². The van der Waals surface area contributed by atoms with Crippen molar-refractivity contribution < 1.29 is 14.3 Å². The van der Waals surface area contributed by atoms with E-state index < -0.39 is 0 Å². The summed E-state index contributed by atoms with van der Waals surface area (Å²) < 4.78 is 12.3. The lowest BCUT2D eigenvalue weighted by atomic mass is 10.1. The minimum absolute atomic E-state index is 0.129. The molecule has 0 aliphatic heterocycles. The predicted octanol–water partition coefficient (Wildman–Crippen LogP) is 6.14. The molecule has 0 fully saturated rings. The van der Waals surface area contributed by atoms with Crippen molar-refractivity contribution in [3.8, 4) is 11.5 Å². The minimum atomic E-state index is -0.129. The van der Waals surface area contributed by atoms with Gasteiger partial charge in [-0.1, -0.05) is 66.2 Å². The first-order valence-electron chi connectivity index (χ1n) is 13.0. The van der Waals surface area contributed by atoms with Crippen LogP contribution >= 0.6 is 11.6 Å². The third-order valence-corrected chi connectivity index (χ3v) is 6.50. The second-order valence-corrected chi connectivity index (χ2v) is 9.89. The molecule has 0 saturated carbocycles. The Labute approximate surface area is 235 Å². The summed E-state index contributed by atoms with van der Waals surface area (Å²) in [6.45, 7) is 2.60. The number of likely N-dealkylation sites (N-methyl/N-ethyl adjacent to an activating group) is 1. The monoisotopic (exact) mass is 543 g/mol. The van der Waals surface area contributed by atoms with Crippen LogP contribution in [0.2, 0.25) is 5.02 Å². The van der Waals surface area contributed by atoms with E-state index in [1.54, 1.807) is 23.2 Å². The normalized spacial score (nSPS) is 10.9. The van der Waals surface area contributed by atoms with Gasteiger partial charge in [-0.15, -0.1) is 0 Å². The number of carbonyl (C=O) groups is 1. The van der Waals surface area contributed by atoms with E-state index in [1.165, 1.54) is 0 Å². The molecule has 3 aromatic carbocycles. The lowest BCUT2D eigenvalue weighted by Gasteiger charge is -2.24. The summed E-state index contributed by atoms with van der Waals surface area (Å²) in [6, 6.07) is 28.8. The fraction of sp³-hybridized carbons (Fsp3) is 0.250. The van der Waals surface area contributed by atoms with Gasteiger partial charge in [0.2, 0.25) is 0 Å². The van der Waals surface area contributed by atoms with Crippen molar-refractivity contribution in [2.75, 3.05) is 33.8 Å². The van der Waals surface area contributed by atoms with Crippen molar-refractivity contribution in [3.05, 3.63) is 125 Å². The Balaban J connectivity index is 1.56. The number of ether oxygens (including phenoxy) is 2. The maximum Gasteiger partial charge on any atom is 0.255 e. The average molecular weight is 544 g/mol. The Kier molecular flexibility index (Phi) is 10.3. The van der Waals surface area contributed by atoms with Gasteiger partial charge in [-0.3, -0.25) is 9.78 Å². The van der Waals surface area contributed by atoms with E-state index >= 15 is 0 Å². The standard InChI is InChI=1S/C32H34ClN3O3/c1-35(2)20-21-38-31-22-26(15-16-30(31)39-24-25-10-4-3-5-11-25)23-36(19-17-27-12-8-9-18-34-27)32(37)28-13-6-7-14-29(28)33/h3-16,18,22H,17,19-21,23-24H2,1-2H3. The smallest absolute Gasteiger partial charge is 0.255 e. The van der Waals surface area contributed by atoms with Gasteiger partial charge in [0.1, 0.15) is 13.2 Å². The number of amides is 1. The van der Waals surface area contributed by atoms with E-state index in [-0.39, 0.29) is 5.91 Å². The second-order valence-electron chi connectivity index (χ2n) is 9.48. The maximum absolute atomic E-state index is 13.6. The van der Waals surface area contributed by atoms with Gasteiger partial charge in [-0.2, -0.15) is 0 Å². The number of pyridine rings is 1. The second kappa shape index (κ2) is 14.3. The summed E-state index contributed by atoms with van der Waals surface area (Å²) in [4.78, 5) is 21.9. The molecule has 7 heteroatoms. The zero-order chi connectivity index (χ0) is 27.5. The van der Waals surface area contributed by atoms with Gasteiger partial charge in [0.15, 0.2) is 11.5 Å². The summed E-state index contributed by atoms with van der Waals surface area (Å²) in [7, 11) is 4.01. The van der Waals surface area contributed by atoms with Crippen LogP contribution in [0.1, 0.15) is 27.2 Å². The lowest BCUT2D eigenvalue weighted by Crippen LogP contribution is -2.33. The number of hydrogen-bond acceptors (Lipinski definition) is 5. The van der Waals surface area contributed by atoms with E-state index in [2.05, 4.69) is 9.88 Å². The zero-order valence-corrected chi connectivity index (χ0v) is 23.2. The van der Waals surface area contributed by atoms with E-state index in [4.69, 9.17) is 21.1 Å². The van der Waals surface area contributed by atoms with Crippen LogP contribution in [0.4, 0.5) is 0 Å². The molecule has 0 aliphatic carbocycles. The first-order chi connectivity index (χ1) is 19.0. The number of rotatable bonds is 13. The molecule has 0 bridgehead atoms. The van der Waals surface area contributed by atoms with Crippen LogP contribution in [0.15, 0.2) is 97.2 Å². The van der Waals surface area contributed by atoms with Gasteiger partial charge in [0.25, 0.3) is 5.91 Å². The summed E-state index contributed by atoms with van der Waals surface area (Å²) in [5.41, 5.74) is 3.41. The van der Waals surface area contributed by atoms with E-state index in [9.17, 15) is 4.79 Å². The third kappa shape index (κ3) is 8.57. The highest BCUT2D eigenvalue weighted by molar-refractivity contribution is 6.33. The van der Waals surface area contributed by atoms with E-state index in [0.717, 1.165) is 23.4 Å². The molecule has 39 heavy (non-hydrogen) atoms. The third-order valence-electron chi connectivity index (χ3n) is 6.17. The molecule has 1 heterocycles. The van der Waals surface area contributed by atoms with Crippen LogP contribution in [0, 0.1) is 0 Å². The van der Waals surface area contributed by atoms with Gasteiger partial charge < -0.3 is 19.3 Å². The molecule has 202 valence electrons. The van der Waals surface area contributed by atoms with Crippen molar-refractivity contribution in [1.82, 2.24) is 14.8 Å². The molecule has 0 unspecified atom stereocenters. The van der Waals surface area contributed by atoms with Gasteiger partial charge in [-0.25, -0.2) is 0 Å². The van der Waals surface area contributed by atoms with Crippen LogP contribution in [0.3, 0.4) is 0 Å². The Morgan fingerprint density at radius 2 is 1.59 bits per heavy atom. The molecule has 0 saturated heterocycles. The van der Waals surface area contributed by atoms with Crippen molar-refractivity contribution in [1.29, 1.82) is 0 Å². The number of hydrogen-bond donors (Lipinski definition) is 0. The average Bonchev–Trinajstić information content (AvgIpc) is 2.95. The summed E-state index contributed by atoms with van der Waals surface area (Å²) in [6.07, 6.45) is 2.39. The molecular formula is C32H34ClN3O3. The number of halogens is 1. The first kappa shape index (κ1) is 28.1. The number of nitrogens with zero attached hydrogens (tertiary/aromatic N) is 3. The van der Waals surface area contributed by atoms with Crippen LogP contribution < -0.4 is 9.47 Å². The fourth-order valence-corrected chi connectivity index (χ4v) is 4.25.